The summed E-state index contributed by atoms with van der Waals surface area (Å²) in [4.78, 5) is 23.4. The van der Waals surface area contributed by atoms with Gasteiger partial charge in [-0.3, -0.25) is 9.59 Å². The number of carboxylic acid groups (broad SMARTS) is 1. The number of benzene rings is 1. The van der Waals surface area contributed by atoms with E-state index in [2.05, 4.69) is 6.07 Å². The van der Waals surface area contributed by atoms with Crippen molar-refractivity contribution in [3.05, 3.63) is 35.4 Å². The Kier molecular flexibility index (Phi) is 8.69. The summed E-state index contributed by atoms with van der Waals surface area (Å²) in [5.41, 5.74) is 0.719. The first-order chi connectivity index (χ1) is 11.9. The number of nitriles is 1. The predicted octanol–water partition coefficient (Wildman–Crippen LogP) is 4.00. The van der Waals surface area contributed by atoms with Crippen molar-refractivity contribution in [2.45, 2.75) is 64.2 Å². The van der Waals surface area contributed by atoms with Crippen molar-refractivity contribution >= 4 is 11.9 Å². The molecule has 1 aromatic rings. The van der Waals surface area contributed by atoms with E-state index in [0.29, 0.717) is 25.9 Å². The Morgan fingerprint density at radius 3 is 2.68 bits per heavy atom. The summed E-state index contributed by atoms with van der Waals surface area (Å²) in [6.07, 6.45) is 4.25. The van der Waals surface area contributed by atoms with Crippen LogP contribution in [0.3, 0.4) is 0 Å². The van der Waals surface area contributed by atoms with Gasteiger partial charge in [-0.2, -0.15) is 5.26 Å². The zero-order valence-electron chi connectivity index (χ0n) is 15.1. The normalized spacial score (nSPS) is 12.8. The number of rotatable bonds is 11. The van der Waals surface area contributed by atoms with Crippen LogP contribution in [0.4, 0.5) is 0 Å². The molecule has 1 unspecified atom stereocenters. The lowest BCUT2D eigenvalue weighted by atomic mass is 9.77. The van der Waals surface area contributed by atoms with Gasteiger partial charge in [0.05, 0.1) is 18.1 Å². The van der Waals surface area contributed by atoms with E-state index in [1.54, 1.807) is 13.8 Å². The first-order valence-corrected chi connectivity index (χ1v) is 8.79. The van der Waals surface area contributed by atoms with Gasteiger partial charge in [-0.25, -0.2) is 0 Å². The van der Waals surface area contributed by atoms with Crippen LogP contribution in [0.2, 0.25) is 0 Å². The molecule has 1 N–H and O–H groups in total. The SMILES string of the molecule is CCOC(=O)CCc1cccc(C(C)(CCCCCC#N)C(=O)O)c1. The Morgan fingerprint density at radius 2 is 2.04 bits per heavy atom. The lowest BCUT2D eigenvalue weighted by Gasteiger charge is -2.26. The van der Waals surface area contributed by atoms with E-state index in [0.717, 1.165) is 30.4 Å². The van der Waals surface area contributed by atoms with Gasteiger partial charge in [0.25, 0.3) is 0 Å². The molecule has 0 amide bonds. The smallest absolute Gasteiger partial charge is 0.313 e. The highest BCUT2D eigenvalue weighted by molar-refractivity contribution is 5.81. The van der Waals surface area contributed by atoms with Crippen molar-refractivity contribution in [3.8, 4) is 6.07 Å². The molecule has 0 spiro atoms. The number of carboxylic acids is 1. The second kappa shape index (κ2) is 10.5. The number of carbonyl (C=O) groups excluding carboxylic acids is 1. The fraction of sp³-hybridized carbons (Fsp3) is 0.550. The molecule has 0 aliphatic carbocycles. The molecule has 5 nitrogen and oxygen atoms in total. The molecule has 0 aliphatic rings. The Morgan fingerprint density at radius 1 is 1.28 bits per heavy atom. The summed E-state index contributed by atoms with van der Waals surface area (Å²) in [5.74, 6) is -1.10. The van der Waals surface area contributed by atoms with E-state index in [1.165, 1.54) is 0 Å². The fourth-order valence-electron chi connectivity index (χ4n) is 2.78. The van der Waals surface area contributed by atoms with Gasteiger partial charge in [0, 0.05) is 12.8 Å². The standard InChI is InChI=1S/C20H27NO4/c1-3-25-18(22)12-11-16-9-8-10-17(15-16)20(2,19(23)24)13-6-4-5-7-14-21/h8-10,15H,3-7,11-13H2,1-2H3,(H,23,24). The lowest BCUT2D eigenvalue weighted by Crippen LogP contribution is -2.32. The second-order valence-corrected chi connectivity index (χ2v) is 6.36. The fourth-order valence-corrected chi connectivity index (χ4v) is 2.78. The third-order valence-electron chi connectivity index (χ3n) is 4.42. The van der Waals surface area contributed by atoms with E-state index in [-0.39, 0.29) is 12.4 Å². The molecular weight excluding hydrogens is 318 g/mol. The van der Waals surface area contributed by atoms with Crippen molar-refractivity contribution in [2.24, 2.45) is 0 Å². The maximum atomic E-state index is 11.9. The van der Waals surface area contributed by atoms with Gasteiger partial charge >= 0.3 is 11.9 Å². The van der Waals surface area contributed by atoms with E-state index in [1.807, 2.05) is 24.3 Å². The molecule has 1 aromatic carbocycles. The molecule has 25 heavy (non-hydrogen) atoms. The zero-order chi connectivity index (χ0) is 18.7. The molecule has 0 aliphatic heterocycles. The molecule has 0 heterocycles. The second-order valence-electron chi connectivity index (χ2n) is 6.36. The molecule has 0 saturated carbocycles. The first kappa shape index (κ1) is 20.7. The van der Waals surface area contributed by atoms with Crippen molar-refractivity contribution < 1.29 is 19.4 Å². The van der Waals surface area contributed by atoms with Gasteiger partial charge in [0.15, 0.2) is 0 Å². The Balaban J connectivity index is 2.79. The molecule has 5 heteroatoms. The Labute approximate surface area is 149 Å². The molecule has 136 valence electrons. The number of hydrogen-bond acceptors (Lipinski definition) is 4. The average molecular weight is 345 g/mol. The lowest BCUT2D eigenvalue weighted by molar-refractivity contribution is -0.144. The highest BCUT2D eigenvalue weighted by atomic mass is 16.5. The summed E-state index contributed by atoms with van der Waals surface area (Å²) >= 11 is 0. The van der Waals surface area contributed by atoms with Crippen molar-refractivity contribution in [1.29, 1.82) is 5.26 Å². The number of unbranched alkanes of at least 4 members (excludes halogenated alkanes) is 3. The number of hydrogen-bond donors (Lipinski definition) is 1. The number of nitrogens with zero attached hydrogens (tertiary/aromatic N) is 1. The first-order valence-electron chi connectivity index (χ1n) is 8.79. The predicted molar refractivity (Wildman–Crippen MR) is 95.1 cm³/mol. The highest BCUT2D eigenvalue weighted by Crippen LogP contribution is 2.31. The van der Waals surface area contributed by atoms with Crippen LogP contribution in [0.25, 0.3) is 0 Å². The quantitative estimate of drug-likeness (QED) is 0.484. The number of ether oxygens (including phenoxy) is 1. The van der Waals surface area contributed by atoms with Crippen LogP contribution in [0.1, 0.15) is 63.5 Å². The summed E-state index contributed by atoms with van der Waals surface area (Å²) in [7, 11) is 0. The van der Waals surface area contributed by atoms with Gasteiger partial charge < -0.3 is 9.84 Å². The maximum absolute atomic E-state index is 11.9. The van der Waals surface area contributed by atoms with Gasteiger partial charge in [-0.05, 0) is 44.2 Å². The molecular formula is C20H27NO4. The van der Waals surface area contributed by atoms with Crippen molar-refractivity contribution in [2.75, 3.05) is 6.61 Å². The summed E-state index contributed by atoms with van der Waals surface area (Å²) in [6.45, 7) is 3.87. The zero-order valence-corrected chi connectivity index (χ0v) is 15.1. The topological polar surface area (TPSA) is 87.4 Å². The van der Waals surface area contributed by atoms with Gasteiger partial charge in [0.2, 0.25) is 0 Å². The number of esters is 1. The number of aryl methyl sites for hydroxylation is 1. The molecule has 0 radical (unpaired) electrons. The third-order valence-corrected chi connectivity index (χ3v) is 4.42. The van der Waals surface area contributed by atoms with Crippen LogP contribution in [0.5, 0.6) is 0 Å². The molecule has 1 rings (SSSR count). The average Bonchev–Trinajstić information content (AvgIpc) is 2.60. The molecule has 0 bridgehead atoms. The minimum absolute atomic E-state index is 0.244. The summed E-state index contributed by atoms with van der Waals surface area (Å²) in [6, 6.07) is 9.55. The van der Waals surface area contributed by atoms with Crippen molar-refractivity contribution in [1.82, 2.24) is 0 Å². The molecule has 1 atom stereocenters. The minimum atomic E-state index is -0.966. The van der Waals surface area contributed by atoms with Crippen LogP contribution in [0, 0.1) is 11.3 Å². The van der Waals surface area contributed by atoms with Crippen molar-refractivity contribution in [3.63, 3.8) is 0 Å². The van der Waals surface area contributed by atoms with Crippen LogP contribution >= 0.6 is 0 Å². The summed E-state index contributed by atoms with van der Waals surface area (Å²) < 4.78 is 4.93. The number of carbonyl (C=O) groups is 2. The van der Waals surface area contributed by atoms with Gasteiger partial charge in [-0.15, -0.1) is 0 Å². The van der Waals surface area contributed by atoms with Crippen LogP contribution < -0.4 is 0 Å². The molecule has 0 fully saturated rings. The molecule has 0 saturated heterocycles. The molecule has 0 aromatic heterocycles. The Hall–Kier alpha value is -2.35. The maximum Gasteiger partial charge on any atom is 0.313 e. The van der Waals surface area contributed by atoms with Crippen LogP contribution in [-0.2, 0) is 26.2 Å². The van der Waals surface area contributed by atoms with E-state index < -0.39 is 11.4 Å². The number of aliphatic carboxylic acids is 1. The minimum Gasteiger partial charge on any atom is -0.481 e. The largest absolute Gasteiger partial charge is 0.481 e. The van der Waals surface area contributed by atoms with Gasteiger partial charge in [0.1, 0.15) is 0 Å². The van der Waals surface area contributed by atoms with E-state index >= 15 is 0 Å². The summed E-state index contributed by atoms with van der Waals surface area (Å²) in [5, 5.41) is 18.3. The van der Waals surface area contributed by atoms with Crippen LogP contribution in [-0.4, -0.2) is 23.7 Å². The highest BCUT2D eigenvalue weighted by Gasteiger charge is 2.34. The monoisotopic (exact) mass is 345 g/mol. The van der Waals surface area contributed by atoms with E-state index in [4.69, 9.17) is 10.00 Å². The Bertz CT molecular complexity index is 620. The van der Waals surface area contributed by atoms with Crippen LogP contribution in [0.15, 0.2) is 24.3 Å². The van der Waals surface area contributed by atoms with Gasteiger partial charge in [-0.1, -0.05) is 37.1 Å². The third kappa shape index (κ3) is 6.58. The van der Waals surface area contributed by atoms with E-state index in [9.17, 15) is 14.7 Å².